The van der Waals surface area contributed by atoms with Crippen molar-refractivity contribution in [3.05, 3.63) is 12.2 Å². The normalized spacial score (nSPS) is 22.4. The van der Waals surface area contributed by atoms with E-state index >= 15 is 0 Å². The molecule has 3 unspecified atom stereocenters. The maximum Gasteiger partial charge on any atom is 0.419 e. The first-order chi connectivity index (χ1) is 9.34. The van der Waals surface area contributed by atoms with Gasteiger partial charge in [-0.2, -0.15) is 13.2 Å². The van der Waals surface area contributed by atoms with Gasteiger partial charge in [-0.25, -0.2) is 4.39 Å². The van der Waals surface area contributed by atoms with Crippen molar-refractivity contribution < 1.29 is 22.3 Å². The monoisotopic (exact) mass is 330 g/mol. The summed E-state index contributed by atoms with van der Waals surface area (Å²) in [6.45, 7) is 2.11. The Bertz CT molecular complexity index is 344. The molecular formula is C13H18F4OS2. The van der Waals surface area contributed by atoms with Crippen molar-refractivity contribution in [2.75, 3.05) is 6.61 Å². The van der Waals surface area contributed by atoms with Crippen LogP contribution in [0.15, 0.2) is 12.2 Å². The molecule has 3 atom stereocenters. The highest BCUT2D eigenvalue weighted by molar-refractivity contribution is 8.23. The molecule has 1 rings (SSSR count). The van der Waals surface area contributed by atoms with E-state index in [0.29, 0.717) is 13.0 Å². The third kappa shape index (κ3) is 5.99. The highest BCUT2D eigenvalue weighted by Gasteiger charge is 2.42. The molecule has 0 spiro atoms. The predicted molar refractivity (Wildman–Crippen MR) is 77.7 cm³/mol. The van der Waals surface area contributed by atoms with Crippen molar-refractivity contribution in [2.24, 2.45) is 5.92 Å². The lowest BCUT2D eigenvalue weighted by molar-refractivity contribution is -0.182. The summed E-state index contributed by atoms with van der Waals surface area (Å²) in [5.74, 6) is 0.00371. The fraction of sp³-hybridized carbons (Fsp3) is 0.769. The van der Waals surface area contributed by atoms with Crippen LogP contribution in [0.2, 0.25) is 0 Å². The fourth-order valence-corrected chi connectivity index (χ4v) is 3.73. The molecule has 116 valence electrons. The average molecular weight is 330 g/mol. The topological polar surface area (TPSA) is 9.23 Å². The molecule has 0 aromatic rings. The summed E-state index contributed by atoms with van der Waals surface area (Å²) in [6, 6.07) is 0. The molecule has 0 aromatic carbocycles. The van der Waals surface area contributed by atoms with E-state index in [9.17, 15) is 17.6 Å². The van der Waals surface area contributed by atoms with Gasteiger partial charge in [0.1, 0.15) is 0 Å². The number of thioether (sulfide) groups is 1. The van der Waals surface area contributed by atoms with Crippen LogP contribution in [0.3, 0.4) is 0 Å². The fourth-order valence-electron chi connectivity index (χ4n) is 2.10. The summed E-state index contributed by atoms with van der Waals surface area (Å²) in [5, 5.41) is -0.504. The van der Waals surface area contributed by atoms with Gasteiger partial charge in [-0.05, 0) is 44.3 Å². The van der Waals surface area contributed by atoms with Crippen LogP contribution in [0.25, 0.3) is 0 Å². The first kappa shape index (κ1) is 17.8. The number of allylic oxidation sites excluding steroid dienone is 2. The first-order valence-corrected chi connectivity index (χ1v) is 7.82. The van der Waals surface area contributed by atoms with E-state index in [2.05, 4.69) is 0 Å². The molecule has 0 saturated carbocycles. The van der Waals surface area contributed by atoms with Crippen LogP contribution in [0.4, 0.5) is 17.6 Å². The molecule has 0 saturated heterocycles. The van der Waals surface area contributed by atoms with E-state index in [4.69, 9.17) is 17.0 Å². The van der Waals surface area contributed by atoms with Gasteiger partial charge in [0.2, 0.25) is 4.38 Å². The SMILES string of the molecule is CCOC(=S)SC(CC(F)C(F)(F)F)C1CC=CCC1. The minimum absolute atomic E-state index is 0.00371. The molecule has 0 N–H and O–H groups in total. The van der Waals surface area contributed by atoms with Gasteiger partial charge < -0.3 is 4.74 Å². The van der Waals surface area contributed by atoms with Gasteiger partial charge in [-0.1, -0.05) is 23.9 Å². The van der Waals surface area contributed by atoms with Crippen molar-refractivity contribution in [2.45, 2.75) is 50.2 Å². The summed E-state index contributed by atoms with van der Waals surface area (Å²) in [7, 11) is 0. The molecule has 0 aromatic heterocycles. The molecule has 0 amide bonds. The lowest BCUT2D eigenvalue weighted by atomic mass is 9.89. The second kappa shape index (κ2) is 8.22. The van der Waals surface area contributed by atoms with Crippen molar-refractivity contribution in [1.29, 1.82) is 0 Å². The summed E-state index contributed by atoms with van der Waals surface area (Å²) in [4.78, 5) is 0. The number of thiocarbonyl (C=S) groups is 1. The molecular weight excluding hydrogens is 312 g/mol. The zero-order valence-corrected chi connectivity index (χ0v) is 12.8. The minimum Gasteiger partial charge on any atom is -0.479 e. The standard InChI is InChI=1S/C13H18F4OS2/c1-2-18-12(19)20-10(8-11(14)13(15,16)17)9-6-4-3-5-7-9/h3-4,9-11H,2,5-8H2,1H3. The van der Waals surface area contributed by atoms with Crippen molar-refractivity contribution in [3.8, 4) is 0 Å². The quantitative estimate of drug-likeness (QED) is 0.396. The molecule has 0 fully saturated rings. The summed E-state index contributed by atoms with van der Waals surface area (Å²) in [6.07, 6.45) is -2.02. The molecule has 0 radical (unpaired) electrons. The summed E-state index contributed by atoms with van der Waals surface area (Å²) < 4.78 is 55.8. The molecule has 1 aliphatic carbocycles. The Balaban J connectivity index is 2.68. The van der Waals surface area contributed by atoms with E-state index in [1.807, 2.05) is 12.2 Å². The lowest BCUT2D eigenvalue weighted by Crippen LogP contribution is -2.32. The Morgan fingerprint density at radius 3 is 2.65 bits per heavy atom. The number of ether oxygens (including phenoxy) is 1. The maximum atomic E-state index is 13.3. The summed E-state index contributed by atoms with van der Waals surface area (Å²) >= 11 is 6.02. The van der Waals surface area contributed by atoms with Gasteiger partial charge in [0.25, 0.3) is 0 Å². The highest BCUT2D eigenvalue weighted by atomic mass is 32.2. The van der Waals surface area contributed by atoms with E-state index in [1.165, 1.54) is 0 Å². The highest BCUT2D eigenvalue weighted by Crippen LogP contribution is 2.37. The van der Waals surface area contributed by atoms with E-state index in [1.54, 1.807) is 6.92 Å². The van der Waals surface area contributed by atoms with Gasteiger partial charge in [0, 0.05) is 11.7 Å². The number of halogens is 4. The first-order valence-electron chi connectivity index (χ1n) is 6.53. The Morgan fingerprint density at radius 2 is 2.15 bits per heavy atom. The van der Waals surface area contributed by atoms with Crippen LogP contribution >= 0.6 is 24.0 Å². The molecule has 0 bridgehead atoms. The zero-order valence-electron chi connectivity index (χ0n) is 11.2. The van der Waals surface area contributed by atoms with Gasteiger partial charge in [0.15, 0.2) is 6.17 Å². The van der Waals surface area contributed by atoms with Crippen molar-refractivity contribution in [1.82, 2.24) is 0 Å². The Morgan fingerprint density at radius 1 is 1.45 bits per heavy atom. The molecule has 1 nitrogen and oxygen atoms in total. The molecule has 1 aliphatic rings. The van der Waals surface area contributed by atoms with Crippen LogP contribution in [-0.2, 0) is 4.74 Å². The van der Waals surface area contributed by atoms with Crippen LogP contribution in [0.5, 0.6) is 0 Å². The number of hydrogen-bond acceptors (Lipinski definition) is 3. The van der Waals surface area contributed by atoms with Crippen LogP contribution in [0, 0.1) is 5.92 Å². The predicted octanol–water partition coefficient (Wildman–Crippen LogP) is 5.06. The van der Waals surface area contributed by atoms with E-state index in [0.717, 1.165) is 24.6 Å². The zero-order chi connectivity index (χ0) is 15.2. The van der Waals surface area contributed by atoms with Crippen LogP contribution < -0.4 is 0 Å². The molecule has 7 heteroatoms. The van der Waals surface area contributed by atoms with Crippen molar-refractivity contribution in [3.63, 3.8) is 0 Å². The third-order valence-electron chi connectivity index (χ3n) is 3.14. The van der Waals surface area contributed by atoms with Gasteiger partial charge in [-0.15, -0.1) is 0 Å². The Hall–Kier alpha value is -0.300. The van der Waals surface area contributed by atoms with Crippen LogP contribution in [0.1, 0.15) is 32.6 Å². The number of hydrogen-bond donors (Lipinski definition) is 0. The average Bonchev–Trinajstić information content (AvgIpc) is 2.38. The van der Waals surface area contributed by atoms with E-state index in [-0.39, 0.29) is 10.3 Å². The van der Waals surface area contributed by atoms with Crippen molar-refractivity contribution >= 4 is 28.4 Å². The van der Waals surface area contributed by atoms with Gasteiger partial charge in [-0.3, -0.25) is 0 Å². The van der Waals surface area contributed by atoms with Gasteiger partial charge >= 0.3 is 6.18 Å². The Kier molecular flexibility index (Phi) is 7.29. The third-order valence-corrected chi connectivity index (χ3v) is 4.74. The second-order valence-electron chi connectivity index (χ2n) is 4.63. The van der Waals surface area contributed by atoms with E-state index < -0.39 is 24.0 Å². The van der Waals surface area contributed by atoms with Crippen LogP contribution in [-0.4, -0.2) is 28.6 Å². The van der Waals surface area contributed by atoms with Gasteiger partial charge in [0.05, 0.1) is 6.61 Å². The molecule has 0 aliphatic heterocycles. The second-order valence-corrected chi connectivity index (χ2v) is 6.47. The maximum absolute atomic E-state index is 13.3. The number of alkyl halides is 4. The number of rotatable bonds is 5. The largest absolute Gasteiger partial charge is 0.479 e. The molecule has 20 heavy (non-hydrogen) atoms. The molecule has 0 heterocycles. The minimum atomic E-state index is -4.81. The lowest BCUT2D eigenvalue weighted by Gasteiger charge is -2.29. The Labute approximate surface area is 126 Å². The summed E-state index contributed by atoms with van der Waals surface area (Å²) in [5.41, 5.74) is 0. The smallest absolute Gasteiger partial charge is 0.419 e.